The molecule has 1 N–H and O–H groups in total. The molecule has 2 heterocycles. The van der Waals surface area contributed by atoms with E-state index in [0.717, 1.165) is 18.6 Å². The molecule has 2 atom stereocenters. The van der Waals surface area contributed by atoms with Gasteiger partial charge in [-0.1, -0.05) is 0 Å². The minimum Gasteiger partial charge on any atom is -0.468 e. The van der Waals surface area contributed by atoms with Crippen molar-refractivity contribution >= 4 is 5.91 Å². The average molecular weight is 250 g/mol. The summed E-state index contributed by atoms with van der Waals surface area (Å²) < 4.78 is 5.22. The number of hydrogen-bond acceptors (Lipinski definition) is 3. The predicted molar refractivity (Wildman–Crippen MR) is 70.0 cm³/mol. The van der Waals surface area contributed by atoms with Gasteiger partial charge in [0.25, 0.3) is 0 Å². The minimum absolute atomic E-state index is 0.196. The summed E-state index contributed by atoms with van der Waals surface area (Å²) in [5.74, 6) is 1.06. The lowest BCUT2D eigenvalue weighted by molar-refractivity contribution is -0.136. The molecule has 1 aliphatic heterocycles. The van der Waals surface area contributed by atoms with Crippen molar-refractivity contribution in [3.05, 3.63) is 24.2 Å². The van der Waals surface area contributed by atoms with Crippen molar-refractivity contribution in [1.82, 2.24) is 10.2 Å². The van der Waals surface area contributed by atoms with Crippen LogP contribution in [0.1, 0.15) is 38.9 Å². The van der Waals surface area contributed by atoms with Gasteiger partial charge >= 0.3 is 0 Å². The molecule has 0 aliphatic carbocycles. The maximum absolute atomic E-state index is 12.2. The highest BCUT2D eigenvalue weighted by Crippen LogP contribution is 2.22. The minimum atomic E-state index is 0.196. The molecule has 2 rings (SSSR count). The van der Waals surface area contributed by atoms with E-state index in [-0.39, 0.29) is 5.91 Å². The number of carbonyl (C=O) groups is 1. The Morgan fingerprint density at radius 2 is 2.17 bits per heavy atom. The number of furan rings is 1. The molecule has 0 aromatic carbocycles. The number of rotatable bonds is 4. The lowest BCUT2D eigenvalue weighted by Gasteiger charge is -2.39. The van der Waals surface area contributed by atoms with Crippen LogP contribution in [-0.2, 0) is 11.3 Å². The highest BCUT2D eigenvalue weighted by molar-refractivity contribution is 5.79. The van der Waals surface area contributed by atoms with E-state index in [4.69, 9.17) is 4.42 Å². The van der Waals surface area contributed by atoms with Crippen LogP contribution in [0.4, 0.5) is 0 Å². The summed E-state index contributed by atoms with van der Waals surface area (Å²) in [6, 6.07) is 4.50. The first-order chi connectivity index (χ1) is 8.68. The third kappa shape index (κ3) is 3.13. The first-order valence-electron chi connectivity index (χ1n) is 6.72. The lowest BCUT2D eigenvalue weighted by atomic mass is 9.97. The van der Waals surface area contributed by atoms with Gasteiger partial charge in [-0.25, -0.2) is 0 Å². The molecule has 4 heteroatoms. The topological polar surface area (TPSA) is 45.5 Å². The summed E-state index contributed by atoms with van der Waals surface area (Å²) in [5.41, 5.74) is 0. The third-order valence-electron chi connectivity index (χ3n) is 3.64. The second-order valence-corrected chi connectivity index (χ2v) is 5.11. The lowest BCUT2D eigenvalue weighted by Crippen LogP contribution is -2.50. The highest BCUT2D eigenvalue weighted by atomic mass is 16.3. The van der Waals surface area contributed by atoms with E-state index < -0.39 is 0 Å². The van der Waals surface area contributed by atoms with Crippen molar-refractivity contribution in [2.45, 2.75) is 51.7 Å². The van der Waals surface area contributed by atoms with Crippen LogP contribution < -0.4 is 5.32 Å². The van der Waals surface area contributed by atoms with Crippen LogP contribution in [0, 0.1) is 0 Å². The monoisotopic (exact) mass is 250 g/mol. The zero-order chi connectivity index (χ0) is 13.0. The van der Waals surface area contributed by atoms with E-state index in [1.54, 1.807) is 6.26 Å². The number of nitrogens with one attached hydrogen (secondary N) is 1. The Morgan fingerprint density at radius 1 is 1.44 bits per heavy atom. The number of hydrogen-bond donors (Lipinski definition) is 1. The van der Waals surface area contributed by atoms with E-state index >= 15 is 0 Å². The van der Waals surface area contributed by atoms with E-state index in [0.29, 0.717) is 25.2 Å². The molecule has 0 radical (unpaired) electrons. The van der Waals surface area contributed by atoms with Gasteiger partial charge in [0.1, 0.15) is 5.76 Å². The molecule has 1 aliphatic rings. The fourth-order valence-corrected chi connectivity index (χ4v) is 2.71. The van der Waals surface area contributed by atoms with Crippen molar-refractivity contribution in [1.29, 1.82) is 0 Å². The Bertz CT molecular complexity index is 365. The van der Waals surface area contributed by atoms with Gasteiger partial charge < -0.3 is 14.6 Å². The van der Waals surface area contributed by atoms with Crippen molar-refractivity contribution in [2.75, 3.05) is 6.54 Å². The smallest absolute Gasteiger partial charge is 0.237 e. The maximum atomic E-state index is 12.2. The molecule has 1 saturated heterocycles. The summed E-state index contributed by atoms with van der Waals surface area (Å²) in [6.45, 7) is 5.27. The van der Waals surface area contributed by atoms with Crippen LogP contribution in [0.15, 0.2) is 22.8 Å². The Kier molecular flexibility index (Phi) is 4.42. The van der Waals surface area contributed by atoms with Crippen molar-refractivity contribution in [3.63, 3.8) is 0 Å². The zero-order valence-electron chi connectivity index (χ0n) is 11.2. The maximum Gasteiger partial charge on any atom is 0.237 e. The molecule has 1 fully saturated rings. The van der Waals surface area contributed by atoms with Gasteiger partial charge in [0.2, 0.25) is 5.91 Å². The summed E-state index contributed by atoms with van der Waals surface area (Å²) in [5, 5.41) is 3.14. The second kappa shape index (κ2) is 6.05. The number of nitrogens with zero attached hydrogens (tertiary/aromatic N) is 1. The van der Waals surface area contributed by atoms with Crippen LogP contribution in [0.2, 0.25) is 0 Å². The SMILES string of the molecule is C[C@@H]1CCC[C@H](C)N1C(=O)CNCc1ccco1. The Labute approximate surface area is 108 Å². The molecule has 1 aromatic rings. The van der Waals surface area contributed by atoms with Crippen molar-refractivity contribution in [3.8, 4) is 0 Å². The van der Waals surface area contributed by atoms with Gasteiger partial charge in [0, 0.05) is 12.1 Å². The van der Waals surface area contributed by atoms with Gasteiger partial charge in [0.15, 0.2) is 0 Å². The summed E-state index contributed by atoms with van der Waals surface area (Å²) in [6.07, 6.45) is 5.11. The van der Waals surface area contributed by atoms with E-state index in [2.05, 4.69) is 19.2 Å². The molecule has 4 nitrogen and oxygen atoms in total. The molecule has 0 saturated carbocycles. The van der Waals surface area contributed by atoms with Crippen molar-refractivity contribution < 1.29 is 9.21 Å². The van der Waals surface area contributed by atoms with E-state index in [1.165, 1.54) is 6.42 Å². The normalized spacial score (nSPS) is 24.2. The summed E-state index contributed by atoms with van der Waals surface area (Å²) >= 11 is 0. The quantitative estimate of drug-likeness (QED) is 0.890. The third-order valence-corrected chi connectivity index (χ3v) is 3.64. The molecule has 1 aromatic heterocycles. The van der Waals surface area contributed by atoms with E-state index in [1.807, 2.05) is 17.0 Å². The van der Waals surface area contributed by atoms with Crippen LogP contribution in [-0.4, -0.2) is 29.4 Å². The van der Waals surface area contributed by atoms with Crippen LogP contribution >= 0.6 is 0 Å². The largest absolute Gasteiger partial charge is 0.468 e. The van der Waals surface area contributed by atoms with E-state index in [9.17, 15) is 4.79 Å². The molecule has 100 valence electrons. The molecular formula is C14H22N2O2. The predicted octanol–water partition coefficient (Wildman–Crippen LogP) is 2.16. The summed E-state index contributed by atoms with van der Waals surface area (Å²) in [4.78, 5) is 14.2. The fraction of sp³-hybridized carbons (Fsp3) is 0.643. The highest BCUT2D eigenvalue weighted by Gasteiger charge is 2.28. The van der Waals surface area contributed by atoms with Gasteiger partial charge in [-0.05, 0) is 45.2 Å². The Morgan fingerprint density at radius 3 is 2.78 bits per heavy atom. The average Bonchev–Trinajstić information content (AvgIpc) is 2.82. The van der Waals surface area contributed by atoms with Gasteiger partial charge in [-0.2, -0.15) is 0 Å². The van der Waals surface area contributed by atoms with Gasteiger partial charge in [-0.15, -0.1) is 0 Å². The standard InChI is InChI=1S/C14H22N2O2/c1-11-5-3-6-12(2)16(11)14(17)10-15-9-13-7-4-8-18-13/h4,7-8,11-12,15H,3,5-6,9-10H2,1-2H3/t11-,12+. The summed E-state index contributed by atoms with van der Waals surface area (Å²) in [7, 11) is 0. The van der Waals surface area contributed by atoms with Gasteiger partial charge in [0.05, 0.1) is 19.4 Å². The molecular weight excluding hydrogens is 228 g/mol. The fourth-order valence-electron chi connectivity index (χ4n) is 2.71. The molecule has 18 heavy (non-hydrogen) atoms. The van der Waals surface area contributed by atoms with Crippen LogP contribution in [0.25, 0.3) is 0 Å². The Balaban J connectivity index is 1.79. The zero-order valence-corrected chi connectivity index (χ0v) is 11.2. The van der Waals surface area contributed by atoms with Crippen LogP contribution in [0.5, 0.6) is 0 Å². The molecule has 0 spiro atoms. The molecule has 0 bridgehead atoms. The van der Waals surface area contributed by atoms with Crippen LogP contribution in [0.3, 0.4) is 0 Å². The number of carbonyl (C=O) groups excluding carboxylic acids is 1. The number of likely N-dealkylation sites (tertiary alicyclic amines) is 1. The molecule has 0 unspecified atom stereocenters. The first kappa shape index (κ1) is 13.1. The molecule has 1 amide bonds. The second-order valence-electron chi connectivity index (χ2n) is 5.11. The van der Waals surface area contributed by atoms with Crippen molar-refractivity contribution in [2.24, 2.45) is 0 Å². The number of piperidine rings is 1. The van der Waals surface area contributed by atoms with Gasteiger partial charge in [-0.3, -0.25) is 4.79 Å². The number of amides is 1. The first-order valence-corrected chi connectivity index (χ1v) is 6.72. The Hall–Kier alpha value is -1.29.